The van der Waals surface area contributed by atoms with Crippen molar-refractivity contribution in [3.63, 3.8) is 0 Å². The molecule has 0 spiro atoms. The summed E-state index contributed by atoms with van der Waals surface area (Å²) in [4.78, 5) is 0. The van der Waals surface area contributed by atoms with E-state index in [9.17, 15) is 8.78 Å². The Hall–Kier alpha value is -1.65. The van der Waals surface area contributed by atoms with E-state index in [0.717, 1.165) is 17.7 Å². The average Bonchev–Trinajstić information content (AvgIpc) is 3.26. The van der Waals surface area contributed by atoms with Crippen molar-refractivity contribution in [3.05, 3.63) is 58.6 Å². The lowest BCUT2D eigenvalue weighted by Gasteiger charge is -2.12. The van der Waals surface area contributed by atoms with Gasteiger partial charge in [-0.05, 0) is 37.1 Å². The maximum absolute atomic E-state index is 13.2. The SMILES string of the molecule is Fc1ccc(Oc2cc(Cl)ccc2CNC2CC2)cc1F. The molecule has 3 rings (SSSR count). The highest BCUT2D eigenvalue weighted by Gasteiger charge is 2.20. The van der Waals surface area contributed by atoms with E-state index in [-0.39, 0.29) is 5.75 Å². The van der Waals surface area contributed by atoms with Crippen LogP contribution >= 0.6 is 11.6 Å². The van der Waals surface area contributed by atoms with Crippen LogP contribution in [0.4, 0.5) is 8.78 Å². The minimum absolute atomic E-state index is 0.240. The first-order chi connectivity index (χ1) is 10.1. The zero-order chi connectivity index (χ0) is 14.8. The van der Waals surface area contributed by atoms with Gasteiger partial charge in [0.1, 0.15) is 11.5 Å². The topological polar surface area (TPSA) is 21.3 Å². The number of hydrogen-bond donors (Lipinski definition) is 1. The third kappa shape index (κ3) is 3.71. The fourth-order valence-electron chi connectivity index (χ4n) is 1.98. The fourth-order valence-corrected chi connectivity index (χ4v) is 2.14. The molecule has 0 unspecified atom stereocenters. The third-order valence-electron chi connectivity index (χ3n) is 3.31. The van der Waals surface area contributed by atoms with Crippen LogP contribution in [0.5, 0.6) is 11.5 Å². The summed E-state index contributed by atoms with van der Waals surface area (Å²) in [5.41, 5.74) is 0.927. The van der Waals surface area contributed by atoms with E-state index in [0.29, 0.717) is 23.4 Å². The van der Waals surface area contributed by atoms with Crippen LogP contribution in [0.2, 0.25) is 5.02 Å². The number of ether oxygens (including phenoxy) is 1. The molecule has 5 heteroatoms. The largest absolute Gasteiger partial charge is 0.457 e. The Kier molecular flexibility index (Phi) is 4.08. The van der Waals surface area contributed by atoms with Crippen LogP contribution in [0, 0.1) is 11.6 Å². The van der Waals surface area contributed by atoms with Crippen molar-refractivity contribution >= 4 is 11.6 Å². The molecular formula is C16H14ClF2NO. The monoisotopic (exact) mass is 309 g/mol. The molecule has 0 heterocycles. The molecule has 0 aromatic heterocycles. The van der Waals surface area contributed by atoms with Crippen molar-refractivity contribution in [1.29, 1.82) is 0 Å². The fraction of sp³-hybridized carbons (Fsp3) is 0.250. The first-order valence-corrected chi connectivity index (χ1v) is 7.14. The Bertz CT molecular complexity index is 659. The summed E-state index contributed by atoms with van der Waals surface area (Å²) in [6, 6.07) is 9.34. The van der Waals surface area contributed by atoms with Gasteiger partial charge >= 0.3 is 0 Å². The molecule has 0 radical (unpaired) electrons. The Morgan fingerprint density at radius 1 is 1.10 bits per heavy atom. The van der Waals surface area contributed by atoms with E-state index >= 15 is 0 Å². The van der Waals surface area contributed by atoms with Crippen LogP contribution in [0.1, 0.15) is 18.4 Å². The second-order valence-electron chi connectivity index (χ2n) is 5.09. The molecule has 1 saturated carbocycles. The summed E-state index contributed by atoms with van der Waals surface area (Å²) in [6.07, 6.45) is 2.37. The number of rotatable bonds is 5. The molecule has 1 fully saturated rings. The van der Waals surface area contributed by atoms with Gasteiger partial charge in [0.25, 0.3) is 0 Å². The summed E-state index contributed by atoms with van der Waals surface area (Å²) < 4.78 is 31.8. The molecule has 0 atom stereocenters. The summed E-state index contributed by atoms with van der Waals surface area (Å²) in [7, 11) is 0. The van der Waals surface area contributed by atoms with Gasteiger partial charge in [0.2, 0.25) is 0 Å². The number of hydrogen-bond acceptors (Lipinski definition) is 2. The highest BCUT2D eigenvalue weighted by Crippen LogP contribution is 2.30. The van der Waals surface area contributed by atoms with Crippen molar-refractivity contribution < 1.29 is 13.5 Å². The molecule has 2 aromatic carbocycles. The number of nitrogens with one attached hydrogen (secondary N) is 1. The molecular weight excluding hydrogens is 296 g/mol. The van der Waals surface area contributed by atoms with Crippen LogP contribution in [-0.4, -0.2) is 6.04 Å². The minimum Gasteiger partial charge on any atom is -0.457 e. The van der Waals surface area contributed by atoms with E-state index < -0.39 is 11.6 Å². The summed E-state index contributed by atoms with van der Waals surface area (Å²) in [5, 5.41) is 3.91. The standard InChI is InChI=1S/C16H14ClF2NO/c17-11-2-1-10(9-20-12-3-4-12)16(7-11)21-13-5-6-14(18)15(19)8-13/h1-2,5-8,12,20H,3-4,9H2. The third-order valence-corrected chi connectivity index (χ3v) is 3.54. The quantitative estimate of drug-likeness (QED) is 0.867. The van der Waals surface area contributed by atoms with Gasteiger partial charge in [0.05, 0.1) is 0 Å². The molecule has 0 amide bonds. The molecule has 1 aliphatic rings. The normalized spacial score (nSPS) is 14.2. The highest BCUT2D eigenvalue weighted by molar-refractivity contribution is 6.30. The maximum Gasteiger partial charge on any atom is 0.162 e. The van der Waals surface area contributed by atoms with Crippen molar-refractivity contribution in [2.45, 2.75) is 25.4 Å². The average molecular weight is 310 g/mol. The lowest BCUT2D eigenvalue weighted by Crippen LogP contribution is -2.15. The number of halogens is 3. The van der Waals surface area contributed by atoms with Gasteiger partial charge in [-0.1, -0.05) is 17.7 Å². The van der Waals surface area contributed by atoms with Crippen molar-refractivity contribution in [2.24, 2.45) is 0 Å². The van der Waals surface area contributed by atoms with Crippen LogP contribution in [0.15, 0.2) is 36.4 Å². The van der Waals surface area contributed by atoms with Crippen LogP contribution < -0.4 is 10.1 Å². The van der Waals surface area contributed by atoms with Crippen LogP contribution in [0.25, 0.3) is 0 Å². The molecule has 110 valence electrons. The van der Waals surface area contributed by atoms with Crippen molar-refractivity contribution in [1.82, 2.24) is 5.32 Å². The molecule has 0 saturated heterocycles. The highest BCUT2D eigenvalue weighted by atomic mass is 35.5. The lowest BCUT2D eigenvalue weighted by atomic mass is 10.2. The second kappa shape index (κ2) is 6.00. The van der Waals surface area contributed by atoms with Gasteiger partial charge in [-0.25, -0.2) is 8.78 Å². The van der Waals surface area contributed by atoms with Gasteiger partial charge in [-0.2, -0.15) is 0 Å². The van der Waals surface area contributed by atoms with E-state index in [1.807, 2.05) is 6.07 Å². The summed E-state index contributed by atoms with van der Waals surface area (Å²) >= 11 is 5.98. The van der Waals surface area contributed by atoms with Crippen LogP contribution in [-0.2, 0) is 6.54 Å². The zero-order valence-corrected chi connectivity index (χ0v) is 12.0. The van der Waals surface area contributed by atoms with Crippen molar-refractivity contribution in [3.8, 4) is 11.5 Å². The molecule has 1 N–H and O–H groups in total. The van der Waals surface area contributed by atoms with Crippen molar-refractivity contribution in [2.75, 3.05) is 0 Å². The van der Waals surface area contributed by atoms with Gasteiger partial charge in [-0.15, -0.1) is 0 Å². The Morgan fingerprint density at radius 2 is 1.90 bits per heavy atom. The molecule has 2 aromatic rings. The molecule has 0 aliphatic heterocycles. The predicted molar refractivity (Wildman–Crippen MR) is 77.7 cm³/mol. The Balaban J connectivity index is 1.81. The van der Waals surface area contributed by atoms with E-state index in [1.54, 1.807) is 12.1 Å². The predicted octanol–water partition coefficient (Wildman–Crippen LogP) is 4.66. The second-order valence-corrected chi connectivity index (χ2v) is 5.52. The van der Waals surface area contributed by atoms with Crippen LogP contribution in [0.3, 0.4) is 0 Å². The smallest absolute Gasteiger partial charge is 0.162 e. The molecule has 0 bridgehead atoms. The maximum atomic E-state index is 13.2. The van der Waals surface area contributed by atoms with Gasteiger partial charge in [-0.3, -0.25) is 0 Å². The first kappa shape index (κ1) is 14.3. The summed E-state index contributed by atoms with van der Waals surface area (Å²) in [5.74, 6) is -1.05. The Labute approximate surface area is 126 Å². The molecule has 21 heavy (non-hydrogen) atoms. The molecule has 2 nitrogen and oxygen atoms in total. The summed E-state index contributed by atoms with van der Waals surface area (Å²) in [6.45, 7) is 0.654. The first-order valence-electron chi connectivity index (χ1n) is 6.76. The zero-order valence-electron chi connectivity index (χ0n) is 11.2. The van der Waals surface area contributed by atoms with Gasteiger partial charge < -0.3 is 10.1 Å². The van der Waals surface area contributed by atoms with E-state index in [2.05, 4.69) is 5.32 Å². The molecule has 1 aliphatic carbocycles. The van der Waals surface area contributed by atoms with Gasteiger partial charge in [0, 0.05) is 29.2 Å². The van der Waals surface area contributed by atoms with E-state index in [4.69, 9.17) is 16.3 Å². The minimum atomic E-state index is -0.938. The lowest BCUT2D eigenvalue weighted by molar-refractivity contribution is 0.455. The van der Waals surface area contributed by atoms with Gasteiger partial charge in [0.15, 0.2) is 11.6 Å². The number of benzene rings is 2. The Morgan fingerprint density at radius 3 is 2.62 bits per heavy atom. The van der Waals surface area contributed by atoms with E-state index in [1.165, 1.54) is 18.9 Å².